The Morgan fingerprint density at radius 3 is 0.780 bits per heavy atom. The fourth-order valence-electron chi connectivity index (χ4n) is 10.8. The Kier molecular flexibility index (Phi) is 60.3. The first-order valence-corrected chi connectivity index (χ1v) is 40.2. The van der Waals surface area contributed by atoms with E-state index in [1.807, 2.05) is 0 Å². The minimum Gasteiger partial charge on any atom is -0.462 e. The van der Waals surface area contributed by atoms with E-state index in [1.165, 1.54) is 154 Å². The van der Waals surface area contributed by atoms with Gasteiger partial charge in [0.15, 0.2) is 12.2 Å². The Hall–Kier alpha value is -1.94. The summed E-state index contributed by atoms with van der Waals surface area (Å²) in [5.74, 6) is 0.847. The third-order valence-electron chi connectivity index (χ3n) is 16.9. The van der Waals surface area contributed by atoms with Gasteiger partial charge >= 0.3 is 39.5 Å². The lowest BCUT2D eigenvalue weighted by atomic mass is 10.00. The zero-order valence-electron chi connectivity index (χ0n) is 59.5. The Labute approximate surface area is 556 Å². The molecule has 0 aliphatic rings. The fraction of sp³-hybridized carbons (Fsp3) is 0.944. The normalized spacial score (nSPS) is 14.5. The summed E-state index contributed by atoms with van der Waals surface area (Å²) >= 11 is 0. The van der Waals surface area contributed by atoms with Crippen molar-refractivity contribution >= 4 is 39.5 Å². The van der Waals surface area contributed by atoms with Crippen LogP contribution >= 0.6 is 15.6 Å². The van der Waals surface area contributed by atoms with Gasteiger partial charge in [0, 0.05) is 25.7 Å². The molecular weight excluding hydrogens is 1200 g/mol. The first-order chi connectivity index (χ1) is 43.6. The lowest BCUT2D eigenvalue weighted by molar-refractivity contribution is -0.161. The summed E-state index contributed by atoms with van der Waals surface area (Å²) in [6.07, 6.45) is 44.7. The molecule has 0 fully saturated rings. The van der Waals surface area contributed by atoms with Crippen LogP contribution in [0, 0.1) is 23.7 Å². The first kappa shape index (κ1) is 89.1. The molecule has 0 aliphatic carbocycles. The Balaban J connectivity index is 5.23. The van der Waals surface area contributed by atoms with Crippen LogP contribution in [-0.4, -0.2) is 96.7 Å². The third kappa shape index (κ3) is 65.1. The smallest absolute Gasteiger partial charge is 0.462 e. The molecule has 540 valence electrons. The van der Waals surface area contributed by atoms with Crippen molar-refractivity contribution in [2.24, 2.45) is 23.7 Å². The van der Waals surface area contributed by atoms with E-state index in [1.54, 1.807) is 0 Å². The summed E-state index contributed by atoms with van der Waals surface area (Å²) in [6, 6.07) is 0. The van der Waals surface area contributed by atoms with Crippen molar-refractivity contribution in [3.63, 3.8) is 0 Å². The van der Waals surface area contributed by atoms with Gasteiger partial charge in [-0.1, -0.05) is 306 Å². The molecule has 0 bridgehead atoms. The van der Waals surface area contributed by atoms with E-state index >= 15 is 0 Å². The van der Waals surface area contributed by atoms with Gasteiger partial charge in [0.2, 0.25) is 0 Å². The second-order valence-electron chi connectivity index (χ2n) is 27.6. The molecule has 0 saturated carbocycles. The fourth-order valence-corrected chi connectivity index (χ4v) is 12.4. The number of phosphoric acid groups is 2. The predicted octanol–water partition coefficient (Wildman–Crippen LogP) is 20.5. The van der Waals surface area contributed by atoms with Gasteiger partial charge in [-0.15, -0.1) is 0 Å². The molecule has 6 atom stereocenters. The molecule has 3 unspecified atom stereocenters. The molecule has 0 radical (unpaired) electrons. The molecular formula is C72H140O17P2. The SMILES string of the molecule is CCC(C)CCCCCCCCC(=O)OC[C@H](COP(=O)(O)OC[C@H](O)COP(=O)(O)OC[C@@H](COC(=O)CCCCCCCCCCCCCCCC(C)C)OC(=O)CCCCCCCCCCCCCCCC(C)C)OC(=O)CCCCCCCCC(C)C. The molecule has 0 saturated heterocycles. The van der Waals surface area contributed by atoms with Crippen molar-refractivity contribution in [3.8, 4) is 0 Å². The number of hydrogen-bond donors (Lipinski definition) is 3. The van der Waals surface area contributed by atoms with E-state index in [0.717, 1.165) is 114 Å². The molecule has 0 rings (SSSR count). The van der Waals surface area contributed by atoms with Gasteiger partial charge in [-0.25, -0.2) is 9.13 Å². The number of carbonyl (C=O) groups is 4. The average molecular weight is 1340 g/mol. The van der Waals surface area contributed by atoms with Gasteiger partial charge < -0.3 is 33.8 Å². The van der Waals surface area contributed by atoms with Crippen LogP contribution in [0.2, 0.25) is 0 Å². The molecule has 91 heavy (non-hydrogen) atoms. The minimum absolute atomic E-state index is 0.101. The van der Waals surface area contributed by atoms with E-state index in [0.29, 0.717) is 31.6 Å². The van der Waals surface area contributed by atoms with Gasteiger partial charge in [0.25, 0.3) is 0 Å². The summed E-state index contributed by atoms with van der Waals surface area (Å²) < 4.78 is 68.3. The summed E-state index contributed by atoms with van der Waals surface area (Å²) in [5.41, 5.74) is 0. The van der Waals surface area contributed by atoms with Gasteiger partial charge in [0.05, 0.1) is 26.4 Å². The summed E-state index contributed by atoms with van der Waals surface area (Å²) in [6.45, 7) is 14.1. The van der Waals surface area contributed by atoms with Crippen LogP contribution in [-0.2, 0) is 65.4 Å². The van der Waals surface area contributed by atoms with Crippen LogP contribution in [0.15, 0.2) is 0 Å². The quantitative estimate of drug-likeness (QED) is 0.0222. The Morgan fingerprint density at radius 2 is 0.527 bits per heavy atom. The maximum Gasteiger partial charge on any atom is 0.472 e. The highest BCUT2D eigenvalue weighted by Gasteiger charge is 2.30. The number of phosphoric ester groups is 2. The number of rotatable bonds is 69. The Morgan fingerprint density at radius 1 is 0.308 bits per heavy atom. The zero-order chi connectivity index (χ0) is 67.5. The van der Waals surface area contributed by atoms with E-state index in [4.69, 9.17) is 37.0 Å². The highest BCUT2D eigenvalue weighted by molar-refractivity contribution is 7.47. The van der Waals surface area contributed by atoms with Crippen LogP contribution in [0.25, 0.3) is 0 Å². The molecule has 19 heteroatoms. The van der Waals surface area contributed by atoms with Crippen molar-refractivity contribution in [1.29, 1.82) is 0 Å². The monoisotopic (exact) mass is 1340 g/mol. The van der Waals surface area contributed by atoms with Crippen molar-refractivity contribution in [3.05, 3.63) is 0 Å². The van der Waals surface area contributed by atoms with E-state index in [-0.39, 0.29) is 25.7 Å². The topological polar surface area (TPSA) is 237 Å². The van der Waals surface area contributed by atoms with Gasteiger partial charge in [-0.05, 0) is 49.4 Å². The molecule has 3 N–H and O–H groups in total. The number of hydrogen-bond acceptors (Lipinski definition) is 15. The average Bonchev–Trinajstić information content (AvgIpc) is 3.58. The van der Waals surface area contributed by atoms with Gasteiger partial charge in [-0.3, -0.25) is 37.3 Å². The molecule has 0 aliphatic heterocycles. The molecule has 0 amide bonds. The largest absolute Gasteiger partial charge is 0.472 e. The lowest BCUT2D eigenvalue weighted by Crippen LogP contribution is -2.30. The maximum atomic E-state index is 13.0. The van der Waals surface area contributed by atoms with E-state index in [9.17, 15) is 43.2 Å². The number of carbonyl (C=O) groups excluding carboxylic acids is 4. The number of aliphatic hydroxyl groups excluding tert-OH is 1. The molecule has 0 heterocycles. The summed E-state index contributed by atoms with van der Waals surface area (Å²) in [4.78, 5) is 72.6. The Bertz CT molecular complexity index is 1800. The first-order valence-electron chi connectivity index (χ1n) is 37.2. The van der Waals surface area contributed by atoms with Gasteiger partial charge in [-0.2, -0.15) is 0 Å². The van der Waals surface area contributed by atoms with E-state index < -0.39 is 97.5 Å². The number of esters is 4. The van der Waals surface area contributed by atoms with Crippen molar-refractivity contribution in [2.45, 2.75) is 375 Å². The minimum atomic E-state index is -4.95. The molecule has 0 aromatic carbocycles. The van der Waals surface area contributed by atoms with Crippen molar-refractivity contribution in [1.82, 2.24) is 0 Å². The molecule has 0 spiro atoms. The molecule has 0 aromatic heterocycles. The second kappa shape index (κ2) is 61.6. The number of aliphatic hydroxyl groups is 1. The lowest BCUT2D eigenvalue weighted by Gasteiger charge is -2.21. The van der Waals surface area contributed by atoms with Crippen LogP contribution in [0.4, 0.5) is 0 Å². The van der Waals surface area contributed by atoms with Crippen molar-refractivity contribution in [2.75, 3.05) is 39.6 Å². The van der Waals surface area contributed by atoms with Crippen LogP contribution in [0.1, 0.15) is 357 Å². The van der Waals surface area contributed by atoms with Crippen LogP contribution in [0.3, 0.4) is 0 Å². The van der Waals surface area contributed by atoms with Crippen molar-refractivity contribution < 1.29 is 80.2 Å². The highest BCUT2D eigenvalue weighted by Crippen LogP contribution is 2.45. The molecule has 17 nitrogen and oxygen atoms in total. The van der Waals surface area contributed by atoms with Gasteiger partial charge in [0.1, 0.15) is 19.3 Å². The van der Waals surface area contributed by atoms with Crippen LogP contribution in [0.5, 0.6) is 0 Å². The van der Waals surface area contributed by atoms with E-state index in [2.05, 4.69) is 55.4 Å². The standard InChI is InChI=1S/C72H140O17P2/c1-9-65(8)51-43-35-29-31-37-45-53-70(75)83-59-68(89-72(77)55-47-39-30-28-34-42-50-64(6)7)61-87-91(80,81)85-57-66(73)56-84-90(78,79)86-60-67(88-71(76)54-46-38-27-23-19-15-11-13-17-21-25-33-41-49-63(4)5)58-82-69(74)52-44-36-26-22-18-14-10-12-16-20-24-32-40-48-62(2)3/h62-68,73H,9-61H2,1-8H3,(H,78,79)(H,80,81)/t65?,66-,67-,68-/m1/s1. The maximum absolute atomic E-state index is 13.0. The zero-order valence-corrected chi connectivity index (χ0v) is 61.3. The number of ether oxygens (including phenoxy) is 4. The predicted molar refractivity (Wildman–Crippen MR) is 367 cm³/mol. The summed E-state index contributed by atoms with van der Waals surface area (Å²) in [5, 5.41) is 10.6. The molecule has 0 aromatic rings. The second-order valence-corrected chi connectivity index (χ2v) is 30.6. The number of unbranched alkanes of at least 4 members (excludes halogenated alkanes) is 34. The van der Waals surface area contributed by atoms with Crippen LogP contribution < -0.4 is 0 Å². The third-order valence-corrected chi connectivity index (χ3v) is 18.8. The highest BCUT2D eigenvalue weighted by atomic mass is 31.2. The summed E-state index contributed by atoms with van der Waals surface area (Å²) in [7, 11) is -9.90.